The van der Waals surface area contributed by atoms with Crippen LogP contribution in [0.25, 0.3) is 11.1 Å². The lowest BCUT2D eigenvalue weighted by molar-refractivity contribution is -0.132. The zero-order valence-electron chi connectivity index (χ0n) is 13.8. The van der Waals surface area contributed by atoms with Gasteiger partial charge in [-0.25, -0.2) is 0 Å². The van der Waals surface area contributed by atoms with Crippen molar-refractivity contribution in [2.45, 2.75) is 13.8 Å². The molecule has 2 aromatic rings. The van der Waals surface area contributed by atoms with E-state index >= 15 is 0 Å². The molecule has 0 saturated carbocycles. The minimum Gasteiger partial charge on any atom is -0.490 e. The Morgan fingerprint density at radius 1 is 1.31 bits per heavy atom. The zero-order valence-corrected chi connectivity index (χ0v) is 16.0. The van der Waals surface area contributed by atoms with Crippen molar-refractivity contribution in [2.75, 3.05) is 12.3 Å². The molecule has 1 aromatic carbocycles. The van der Waals surface area contributed by atoms with Crippen molar-refractivity contribution in [2.24, 2.45) is 0 Å². The van der Waals surface area contributed by atoms with Gasteiger partial charge in [0.15, 0.2) is 11.5 Å². The molecule has 0 atom stereocenters. The molecule has 0 aliphatic carbocycles. The van der Waals surface area contributed by atoms with E-state index in [-0.39, 0.29) is 34.0 Å². The maximum Gasteiger partial charge on any atom is 0.308 e. The number of H-pyrrole nitrogens is 1. The average molecular weight is 464 g/mol. The molecule has 0 spiro atoms. The van der Waals surface area contributed by atoms with Crippen molar-refractivity contribution in [3.05, 3.63) is 37.2 Å². The molecule has 1 heterocycles. The number of rotatable bonds is 4. The number of hydrogen-bond acceptors (Lipinski definition) is 7. The topological polar surface area (TPSA) is 142 Å². The van der Waals surface area contributed by atoms with Gasteiger partial charge in [0.05, 0.1) is 10.2 Å². The maximum atomic E-state index is 12.1. The van der Waals surface area contributed by atoms with E-state index in [1.807, 2.05) is 28.7 Å². The molecule has 0 bridgehead atoms. The Morgan fingerprint density at radius 3 is 2.50 bits per heavy atom. The molecule has 1 aromatic heterocycles. The van der Waals surface area contributed by atoms with Gasteiger partial charge in [0.1, 0.15) is 29.1 Å². The SMILES string of the molecule is CCOc1cc(-c2c(C#N)c(N)[nH]c(=O)c2C#N)cc(I)c1OC(C)=O. The summed E-state index contributed by atoms with van der Waals surface area (Å²) in [5.74, 6) is -0.189. The van der Waals surface area contributed by atoms with Crippen LogP contribution in [-0.4, -0.2) is 17.6 Å². The van der Waals surface area contributed by atoms with Crippen LogP contribution in [0, 0.1) is 26.2 Å². The van der Waals surface area contributed by atoms with Gasteiger partial charge >= 0.3 is 5.97 Å². The number of nitrogen functional groups attached to an aromatic ring is 1. The van der Waals surface area contributed by atoms with Crippen molar-refractivity contribution in [3.8, 4) is 34.8 Å². The van der Waals surface area contributed by atoms with E-state index < -0.39 is 11.5 Å². The van der Waals surface area contributed by atoms with Gasteiger partial charge in [-0.3, -0.25) is 9.59 Å². The number of aromatic nitrogens is 1. The molecule has 2 rings (SSSR count). The van der Waals surface area contributed by atoms with Crippen LogP contribution in [0.3, 0.4) is 0 Å². The summed E-state index contributed by atoms with van der Waals surface area (Å²) in [6.45, 7) is 3.31. The second-order valence-electron chi connectivity index (χ2n) is 5.03. The van der Waals surface area contributed by atoms with Crippen molar-refractivity contribution in [3.63, 3.8) is 0 Å². The largest absolute Gasteiger partial charge is 0.490 e. The Balaban J connectivity index is 2.87. The summed E-state index contributed by atoms with van der Waals surface area (Å²) >= 11 is 1.94. The van der Waals surface area contributed by atoms with Gasteiger partial charge < -0.3 is 20.2 Å². The molecule has 0 saturated heterocycles. The molecule has 9 heteroatoms. The lowest BCUT2D eigenvalue weighted by Crippen LogP contribution is -2.16. The normalized spacial score (nSPS) is 9.88. The van der Waals surface area contributed by atoms with E-state index in [0.717, 1.165) is 0 Å². The fourth-order valence-corrected chi connectivity index (χ4v) is 3.06. The summed E-state index contributed by atoms with van der Waals surface area (Å²) in [5.41, 5.74) is 5.24. The number of pyridine rings is 1. The lowest BCUT2D eigenvalue weighted by Gasteiger charge is -2.15. The van der Waals surface area contributed by atoms with Crippen molar-refractivity contribution < 1.29 is 14.3 Å². The highest BCUT2D eigenvalue weighted by atomic mass is 127. The third-order valence-corrected chi connectivity index (χ3v) is 4.11. The van der Waals surface area contributed by atoms with Gasteiger partial charge in [0.25, 0.3) is 5.56 Å². The quantitative estimate of drug-likeness (QED) is 0.402. The van der Waals surface area contributed by atoms with Crippen molar-refractivity contribution in [1.29, 1.82) is 10.5 Å². The third kappa shape index (κ3) is 3.63. The fourth-order valence-electron chi connectivity index (χ4n) is 2.35. The number of esters is 1. The van der Waals surface area contributed by atoms with Gasteiger partial charge in [-0.15, -0.1) is 0 Å². The van der Waals surface area contributed by atoms with E-state index in [1.54, 1.807) is 19.1 Å². The van der Waals surface area contributed by atoms with Crippen LogP contribution in [0.2, 0.25) is 0 Å². The van der Waals surface area contributed by atoms with E-state index in [0.29, 0.717) is 15.7 Å². The average Bonchev–Trinajstić information content (AvgIpc) is 2.57. The summed E-state index contributed by atoms with van der Waals surface area (Å²) in [4.78, 5) is 25.7. The second-order valence-corrected chi connectivity index (χ2v) is 6.19. The fraction of sp³-hybridized carbons (Fsp3) is 0.176. The number of hydrogen-bond donors (Lipinski definition) is 2. The highest BCUT2D eigenvalue weighted by Crippen LogP contribution is 2.39. The van der Waals surface area contributed by atoms with E-state index in [9.17, 15) is 20.1 Å². The molecule has 0 aliphatic rings. The predicted octanol–water partition coefficient (Wildman–Crippen LogP) is 2.30. The van der Waals surface area contributed by atoms with E-state index in [1.165, 1.54) is 13.0 Å². The zero-order chi connectivity index (χ0) is 19.4. The van der Waals surface area contributed by atoms with Crippen molar-refractivity contribution >= 4 is 34.4 Å². The number of nitrogens with zero attached hydrogens (tertiary/aromatic N) is 2. The van der Waals surface area contributed by atoms with Crippen LogP contribution in [0.1, 0.15) is 25.0 Å². The van der Waals surface area contributed by atoms with Gasteiger partial charge in [-0.1, -0.05) is 0 Å². The maximum absolute atomic E-state index is 12.1. The first-order valence-corrected chi connectivity index (χ1v) is 8.42. The summed E-state index contributed by atoms with van der Waals surface area (Å²) < 4.78 is 11.2. The molecule has 8 nitrogen and oxygen atoms in total. The van der Waals surface area contributed by atoms with Gasteiger partial charge in [-0.05, 0) is 47.2 Å². The van der Waals surface area contributed by atoms with Crippen LogP contribution in [0.15, 0.2) is 16.9 Å². The minimum atomic E-state index is -0.698. The van der Waals surface area contributed by atoms with Gasteiger partial charge in [-0.2, -0.15) is 10.5 Å². The number of nitrogens with two attached hydrogens (primary N) is 1. The highest BCUT2D eigenvalue weighted by Gasteiger charge is 2.22. The summed E-state index contributed by atoms with van der Waals surface area (Å²) in [5, 5.41) is 18.8. The first-order valence-electron chi connectivity index (χ1n) is 7.35. The molecule has 0 aliphatic heterocycles. The predicted molar refractivity (Wildman–Crippen MR) is 102 cm³/mol. The Kier molecular flexibility index (Phi) is 5.85. The number of ether oxygens (including phenoxy) is 2. The smallest absolute Gasteiger partial charge is 0.308 e. The molecular formula is C17H13IN4O4. The number of benzene rings is 1. The lowest BCUT2D eigenvalue weighted by atomic mass is 9.96. The standard InChI is InChI=1S/C17H13IN4O4/c1-3-25-13-5-9(4-12(18)15(13)26-8(2)23)14-10(6-19)16(21)22-17(24)11(14)7-20/h4-5H,3H2,1-2H3,(H3,21,22,24). The Labute approximate surface area is 162 Å². The first kappa shape index (κ1) is 19.3. The van der Waals surface area contributed by atoms with Gasteiger partial charge in [0, 0.05) is 12.5 Å². The molecule has 0 fully saturated rings. The van der Waals surface area contributed by atoms with Crippen LogP contribution >= 0.6 is 22.6 Å². The monoisotopic (exact) mass is 464 g/mol. The number of nitriles is 2. The van der Waals surface area contributed by atoms with Crippen LogP contribution in [0.4, 0.5) is 5.82 Å². The summed E-state index contributed by atoms with van der Waals surface area (Å²) in [7, 11) is 0. The van der Waals surface area contributed by atoms with E-state index in [2.05, 4.69) is 4.98 Å². The second kappa shape index (κ2) is 7.89. The summed E-state index contributed by atoms with van der Waals surface area (Å²) in [6.07, 6.45) is 0. The molecule has 132 valence electrons. The van der Waals surface area contributed by atoms with Gasteiger partial charge in [0.2, 0.25) is 0 Å². The Bertz CT molecular complexity index is 1030. The van der Waals surface area contributed by atoms with Crippen molar-refractivity contribution in [1.82, 2.24) is 4.98 Å². The Hall–Kier alpha value is -3.05. The van der Waals surface area contributed by atoms with Crippen LogP contribution in [0.5, 0.6) is 11.5 Å². The number of halogens is 1. The highest BCUT2D eigenvalue weighted by molar-refractivity contribution is 14.1. The molecule has 26 heavy (non-hydrogen) atoms. The first-order chi connectivity index (χ1) is 12.3. The number of carbonyl (C=O) groups excluding carboxylic acids is 1. The molecule has 0 unspecified atom stereocenters. The van der Waals surface area contributed by atoms with E-state index in [4.69, 9.17) is 15.2 Å². The molecule has 0 radical (unpaired) electrons. The molecule has 0 amide bonds. The molecular weight excluding hydrogens is 451 g/mol. The summed E-state index contributed by atoms with van der Waals surface area (Å²) in [6, 6.07) is 6.79. The number of aromatic amines is 1. The number of carbonyl (C=O) groups is 1. The molecule has 3 N–H and O–H groups in total. The third-order valence-electron chi connectivity index (χ3n) is 3.31. The minimum absolute atomic E-state index is 0.0281. The Morgan fingerprint density at radius 2 is 1.96 bits per heavy atom. The van der Waals surface area contributed by atoms with Crippen LogP contribution < -0.4 is 20.8 Å². The van der Waals surface area contributed by atoms with Crippen LogP contribution in [-0.2, 0) is 4.79 Å². The number of anilines is 1. The number of nitrogens with one attached hydrogen (secondary N) is 1.